The molecule has 128 valence electrons. The Kier molecular flexibility index (Phi) is 4.74. The molecule has 0 bridgehead atoms. The smallest absolute Gasteiger partial charge is 0.338 e. The zero-order valence-electron chi connectivity index (χ0n) is 13.6. The van der Waals surface area contributed by atoms with Gasteiger partial charge in [-0.25, -0.2) is 4.79 Å². The number of rotatable bonds is 3. The van der Waals surface area contributed by atoms with E-state index >= 15 is 0 Å². The summed E-state index contributed by atoms with van der Waals surface area (Å²) < 4.78 is 7.13. The summed E-state index contributed by atoms with van der Waals surface area (Å²) in [6.45, 7) is 1.78. The quantitative estimate of drug-likeness (QED) is 0.552. The first kappa shape index (κ1) is 17.4. The van der Waals surface area contributed by atoms with Crippen LogP contribution >= 0.6 is 23.8 Å². The fraction of sp³-hybridized carbons (Fsp3) is 0.167. The molecular weight excluding hydrogens is 360 g/mol. The first-order valence-electron chi connectivity index (χ1n) is 7.56. The first-order valence-corrected chi connectivity index (χ1v) is 8.35. The van der Waals surface area contributed by atoms with Crippen LogP contribution in [0.4, 0.5) is 0 Å². The Morgan fingerprint density at radius 1 is 1.24 bits per heavy atom. The Balaban J connectivity index is 1.89. The second kappa shape index (κ2) is 6.82. The van der Waals surface area contributed by atoms with Crippen molar-refractivity contribution in [3.05, 3.63) is 73.7 Å². The van der Waals surface area contributed by atoms with E-state index in [0.717, 1.165) is 5.56 Å². The van der Waals surface area contributed by atoms with Crippen molar-refractivity contribution in [3.8, 4) is 0 Å². The van der Waals surface area contributed by atoms with Crippen LogP contribution < -0.4 is 5.56 Å². The van der Waals surface area contributed by atoms with Crippen molar-refractivity contribution in [1.82, 2.24) is 9.55 Å². The van der Waals surface area contributed by atoms with Gasteiger partial charge in [0.15, 0.2) is 4.77 Å². The van der Waals surface area contributed by atoms with E-state index in [9.17, 15) is 9.59 Å². The van der Waals surface area contributed by atoms with Crippen molar-refractivity contribution in [2.45, 2.75) is 13.0 Å². The van der Waals surface area contributed by atoms with Crippen LogP contribution in [0.5, 0.6) is 0 Å². The van der Waals surface area contributed by atoms with Crippen LogP contribution in [0.1, 0.15) is 28.9 Å². The lowest BCUT2D eigenvalue weighted by molar-refractivity contribution is 0.0338. The maximum Gasteiger partial charge on any atom is 0.338 e. The molecule has 0 aliphatic heterocycles. The third kappa shape index (κ3) is 3.50. The number of nitrogens with one attached hydrogen (secondary N) is 1. The van der Waals surface area contributed by atoms with E-state index in [2.05, 4.69) is 4.98 Å². The lowest BCUT2D eigenvalue weighted by Gasteiger charge is -2.14. The number of ether oxygens (including phenoxy) is 1. The summed E-state index contributed by atoms with van der Waals surface area (Å²) >= 11 is 11.0. The fourth-order valence-corrected chi connectivity index (χ4v) is 2.78. The molecule has 0 fully saturated rings. The molecule has 0 radical (unpaired) electrons. The van der Waals surface area contributed by atoms with Gasteiger partial charge in [0, 0.05) is 12.1 Å². The minimum Gasteiger partial charge on any atom is -0.454 e. The van der Waals surface area contributed by atoms with E-state index in [1.807, 2.05) is 12.1 Å². The fourth-order valence-electron chi connectivity index (χ4n) is 2.46. The molecule has 1 heterocycles. The number of aromatic amines is 1. The maximum atomic E-state index is 12.4. The highest BCUT2D eigenvalue weighted by Crippen LogP contribution is 2.21. The molecule has 0 aliphatic carbocycles. The van der Waals surface area contributed by atoms with Gasteiger partial charge in [0.05, 0.1) is 16.5 Å². The van der Waals surface area contributed by atoms with Crippen LogP contribution in [0.2, 0.25) is 5.02 Å². The lowest BCUT2D eigenvalue weighted by Crippen LogP contribution is -2.19. The van der Waals surface area contributed by atoms with E-state index in [1.165, 1.54) is 4.57 Å². The minimum atomic E-state index is -0.482. The summed E-state index contributed by atoms with van der Waals surface area (Å²) in [7, 11) is 1.59. The normalized spacial score (nSPS) is 12.1. The van der Waals surface area contributed by atoms with Gasteiger partial charge in [0.25, 0.3) is 5.56 Å². The van der Waals surface area contributed by atoms with Crippen molar-refractivity contribution < 1.29 is 9.53 Å². The van der Waals surface area contributed by atoms with Gasteiger partial charge >= 0.3 is 5.97 Å². The second-order valence-electron chi connectivity index (χ2n) is 5.65. The molecule has 25 heavy (non-hydrogen) atoms. The number of esters is 1. The molecule has 0 amide bonds. The highest BCUT2D eigenvalue weighted by molar-refractivity contribution is 7.71. The van der Waals surface area contributed by atoms with Crippen molar-refractivity contribution in [3.63, 3.8) is 0 Å². The predicted octanol–water partition coefficient (Wildman–Crippen LogP) is 4.17. The van der Waals surface area contributed by atoms with E-state index in [1.54, 1.807) is 44.3 Å². The number of carbonyl (C=O) groups excluding carboxylic acids is 1. The third-order valence-corrected chi connectivity index (χ3v) is 4.59. The first-order chi connectivity index (χ1) is 11.9. The van der Waals surface area contributed by atoms with Crippen LogP contribution in [0, 0.1) is 4.77 Å². The van der Waals surface area contributed by atoms with Crippen molar-refractivity contribution in [1.29, 1.82) is 0 Å². The highest BCUT2D eigenvalue weighted by atomic mass is 35.5. The molecule has 0 spiro atoms. The number of carbonyl (C=O) groups is 1. The number of fused-ring (bicyclic) bond motifs is 1. The van der Waals surface area contributed by atoms with Gasteiger partial charge in [0.1, 0.15) is 6.10 Å². The Bertz CT molecular complexity index is 1070. The molecule has 1 atom stereocenters. The lowest BCUT2D eigenvalue weighted by atomic mass is 10.1. The zero-order valence-corrected chi connectivity index (χ0v) is 15.1. The van der Waals surface area contributed by atoms with Gasteiger partial charge in [-0.05, 0) is 55.0 Å². The highest BCUT2D eigenvalue weighted by Gasteiger charge is 2.15. The zero-order chi connectivity index (χ0) is 18.1. The van der Waals surface area contributed by atoms with E-state index in [4.69, 9.17) is 28.6 Å². The average molecular weight is 375 g/mol. The number of hydrogen-bond donors (Lipinski definition) is 1. The number of hydrogen-bond acceptors (Lipinski definition) is 4. The maximum absolute atomic E-state index is 12.4. The molecule has 1 N–H and O–H groups in total. The molecule has 1 aromatic heterocycles. The molecule has 3 aromatic rings. The molecule has 2 aromatic carbocycles. The van der Waals surface area contributed by atoms with Crippen molar-refractivity contribution >= 4 is 40.7 Å². The van der Waals surface area contributed by atoms with Crippen LogP contribution in [0.3, 0.4) is 0 Å². The molecule has 3 rings (SSSR count). The summed E-state index contributed by atoms with van der Waals surface area (Å²) in [5.74, 6) is -0.482. The van der Waals surface area contributed by atoms with Gasteiger partial charge in [0.2, 0.25) is 0 Å². The van der Waals surface area contributed by atoms with Crippen molar-refractivity contribution in [2.24, 2.45) is 7.05 Å². The molecule has 0 aliphatic rings. The van der Waals surface area contributed by atoms with Crippen molar-refractivity contribution in [2.75, 3.05) is 0 Å². The van der Waals surface area contributed by atoms with Crippen LogP contribution in [0.25, 0.3) is 10.9 Å². The number of aromatic nitrogens is 2. The topological polar surface area (TPSA) is 64.1 Å². The Hall–Kier alpha value is -2.44. The molecule has 0 unspecified atom stereocenters. The molecule has 7 heteroatoms. The van der Waals surface area contributed by atoms with E-state index < -0.39 is 12.1 Å². The summed E-state index contributed by atoms with van der Waals surface area (Å²) in [6.07, 6.45) is -0.428. The van der Waals surface area contributed by atoms with E-state index in [-0.39, 0.29) is 10.3 Å². The Morgan fingerprint density at radius 3 is 2.60 bits per heavy atom. The largest absolute Gasteiger partial charge is 0.454 e. The third-order valence-electron chi connectivity index (χ3n) is 3.96. The minimum absolute atomic E-state index is 0.215. The van der Waals surface area contributed by atoms with Gasteiger partial charge in [-0.1, -0.05) is 23.7 Å². The number of H-pyrrole nitrogens is 1. The molecule has 5 nitrogen and oxygen atoms in total. The van der Waals surface area contributed by atoms with Gasteiger partial charge in [-0.3, -0.25) is 9.36 Å². The number of halogens is 1. The number of nitrogens with zero attached hydrogens (tertiary/aromatic N) is 1. The Morgan fingerprint density at radius 2 is 1.92 bits per heavy atom. The summed E-state index contributed by atoms with van der Waals surface area (Å²) in [5.41, 5.74) is 1.47. The standard InChI is InChI=1S/C18H15ClN2O3S/c1-10(11-3-6-13(19)7-4-11)24-17(23)12-5-8-14-15(9-12)20-18(25)21(2)16(14)22/h3-10H,1-2H3,(H,20,25)/t10-/m0/s1. The average Bonchev–Trinajstić information content (AvgIpc) is 2.59. The van der Waals surface area contributed by atoms with Gasteiger partial charge < -0.3 is 9.72 Å². The van der Waals surface area contributed by atoms with Gasteiger partial charge in [-0.15, -0.1) is 0 Å². The SMILES string of the molecule is C[C@H](OC(=O)c1ccc2c(=O)n(C)c(=S)[nH]c2c1)c1ccc(Cl)cc1. The number of benzene rings is 2. The molecule has 0 saturated heterocycles. The van der Waals surface area contributed by atoms with Gasteiger partial charge in [-0.2, -0.15) is 0 Å². The summed E-state index contributed by atoms with van der Waals surface area (Å²) in [6, 6.07) is 11.8. The summed E-state index contributed by atoms with van der Waals surface area (Å²) in [4.78, 5) is 27.5. The monoisotopic (exact) mass is 374 g/mol. The predicted molar refractivity (Wildman–Crippen MR) is 99.7 cm³/mol. The van der Waals surface area contributed by atoms with Crippen LogP contribution in [-0.2, 0) is 11.8 Å². The van der Waals surface area contributed by atoms with E-state index in [0.29, 0.717) is 21.5 Å². The summed E-state index contributed by atoms with van der Waals surface area (Å²) in [5, 5.41) is 1.08. The Labute approximate surface area is 153 Å². The molecular formula is C18H15ClN2O3S. The molecule has 0 saturated carbocycles. The van der Waals surface area contributed by atoms with Crippen LogP contribution in [0.15, 0.2) is 47.3 Å². The van der Waals surface area contributed by atoms with Crippen LogP contribution in [-0.4, -0.2) is 15.5 Å². The second-order valence-corrected chi connectivity index (χ2v) is 6.48.